The van der Waals surface area contributed by atoms with Crippen LogP contribution >= 0.6 is 0 Å². The molecule has 2 saturated carbocycles. The van der Waals surface area contributed by atoms with E-state index in [-0.39, 0.29) is 0 Å². The first kappa shape index (κ1) is 14.1. The Balaban J connectivity index is 1.73. The van der Waals surface area contributed by atoms with E-state index in [0.717, 1.165) is 17.8 Å². The third kappa shape index (κ3) is 1.80. The number of rotatable bonds is 1. The third-order valence-electron chi connectivity index (χ3n) is 8.08. The van der Waals surface area contributed by atoms with Crippen molar-refractivity contribution in [1.29, 1.82) is 0 Å². The molecule has 0 aromatic heterocycles. The van der Waals surface area contributed by atoms with Crippen LogP contribution < -0.4 is 0 Å². The van der Waals surface area contributed by atoms with Gasteiger partial charge in [-0.15, -0.1) is 0 Å². The van der Waals surface area contributed by atoms with Gasteiger partial charge in [0.05, 0.1) is 0 Å². The fourth-order valence-electron chi connectivity index (χ4n) is 6.77. The van der Waals surface area contributed by atoms with Crippen LogP contribution in [0.25, 0.3) is 0 Å². The topological polar surface area (TPSA) is 0 Å². The van der Waals surface area contributed by atoms with Crippen LogP contribution in [0.5, 0.6) is 0 Å². The number of fused-ring (bicyclic) bond motifs is 5. The zero-order valence-electron chi connectivity index (χ0n) is 14.3. The molecule has 21 heavy (non-hydrogen) atoms. The maximum Gasteiger partial charge on any atom is 0.00952 e. The van der Waals surface area contributed by atoms with Gasteiger partial charge in [0.15, 0.2) is 0 Å². The van der Waals surface area contributed by atoms with Gasteiger partial charge in [-0.3, -0.25) is 0 Å². The van der Waals surface area contributed by atoms with Gasteiger partial charge in [0, 0.05) is 5.41 Å². The lowest BCUT2D eigenvalue weighted by Gasteiger charge is -2.53. The molecule has 5 atom stereocenters. The monoisotopic (exact) mass is 284 g/mol. The number of hydrogen-bond acceptors (Lipinski definition) is 0. The van der Waals surface area contributed by atoms with Crippen molar-refractivity contribution in [2.24, 2.45) is 28.6 Å². The highest BCUT2D eigenvalue weighted by atomic mass is 14.6. The first-order chi connectivity index (χ1) is 10.1. The summed E-state index contributed by atoms with van der Waals surface area (Å²) < 4.78 is 0. The maximum atomic E-state index is 2.73. The normalized spacial score (nSPS) is 48.8. The molecule has 4 aliphatic carbocycles. The van der Waals surface area contributed by atoms with Gasteiger partial charge in [0.1, 0.15) is 0 Å². The van der Waals surface area contributed by atoms with E-state index in [2.05, 4.69) is 32.9 Å². The molecule has 4 aliphatic rings. The van der Waals surface area contributed by atoms with E-state index in [9.17, 15) is 0 Å². The summed E-state index contributed by atoms with van der Waals surface area (Å²) in [6.45, 7) is 7.61. The summed E-state index contributed by atoms with van der Waals surface area (Å²) in [6.07, 6.45) is 18.2. The van der Waals surface area contributed by atoms with Crippen LogP contribution in [-0.4, -0.2) is 0 Å². The predicted octanol–water partition coefficient (Wildman–Crippen LogP) is 6.29. The van der Waals surface area contributed by atoms with Crippen LogP contribution in [0.1, 0.15) is 78.6 Å². The minimum Gasteiger partial charge on any atom is -0.0838 e. The fourth-order valence-corrected chi connectivity index (χ4v) is 6.77. The van der Waals surface area contributed by atoms with E-state index < -0.39 is 0 Å². The minimum atomic E-state index is 0.451. The Hall–Kier alpha value is -0.520. The second-order valence-electron chi connectivity index (χ2n) is 8.77. The summed E-state index contributed by atoms with van der Waals surface area (Å²) in [6, 6.07) is 0. The molecule has 0 heterocycles. The Morgan fingerprint density at radius 3 is 2.81 bits per heavy atom. The molecule has 0 amide bonds. The first-order valence-corrected chi connectivity index (χ1v) is 9.49. The molecule has 0 radical (unpaired) electrons. The summed E-state index contributed by atoms with van der Waals surface area (Å²) in [4.78, 5) is 0. The standard InChI is InChI=1S/C21H32/c1-4-15-9-11-18-17-10-8-16-7-5-6-13-20(16,2)19(17)12-14-21(15,18)3/h8,12,15,17-18H,4-7,9-11,13-14H2,1-3H3/t15-,17-,18-,20-,21+/m0/s1. The Bertz CT molecular complexity index is 496. The quantitative estimate of drug-likeness (QED) is 0.497. The zero-order chi connectivity index (χ0) is 14.7. The summed E-state index contributed by atoms with van der Waals surface area (Å²) in [5.41, 5.74) is 4.73. The second kappa shape index (κ2) is 4.74. The second-order valence-corrected chi connectivity index (χ2v) is 8.77. The highest BCUT2D eigenvalue weighted by Gasteiger charge is 2.54. The highest BCUT2D eigenvalue weighted by molar-refractivity contribution is 5.38. The van der Waals surface area contributed by atoms with Crippen molar-refractivity contribution in [3.8, 4) is 0 Å². The maximum absolute atomic E-state index is 2.73. The van der Waals surface area contributed by atoms with Crippen LogP contribution in [0.3, 0.4) is 0 Å². The summed E-state index contributed by atoms with van der Waals surface area (Å²) in [5, 5.41) is 0. The van der Waals surface area contributed by atoms with E-state index in [1.54, 1.807) is 5.57 Å². The third-order valence-corrected chi connectivity index (χ3v) is 8.08. The first-order valence-electron chi connectivity index (χ1n) is 9.49. The molecule has 4 rings (SSSR count). The van der Waals surface area contributed by atoms with E-state index >= 15 is 0 Å². The van der Waals surface area contributed by atoms with Crippen LogP contribution in [0, 0.1) is 28.6 Å². The fraction of sp³-hybridized carbons (Fsp3) is 0.810. The minimum absolute atomic E-state index is 0.451. The largest absolute Gasteiger partial charge is 0.0838 e. The molecule has 2 fully saturated rings. The van der Waals surface area contributed by atoms with Crippen LogP contribution in [0.2, 0.25) is 0 Å². The van der Waals surface area contributed by atoms with Crippen molar-refractivity contribution in [3.05, 3.63) is 23.3 Å². The van der Waals surface area contributed by atoms with Gasteiger partial charge in [-0.25, -0.2) is 0 Å². The molecule has 0 aromatic rings. The predicted molar refractivity (Wildman–Crippen MR) is 90.1 cm³/mol. The van der Waals surface area contributed by atoms with Gasteiger partial charge in [-0.1, -0.05) is 56.9 Å². The van der Waals surface area contributed by atoms with E-state index in [1.807, 2.05) is 5.57 Å². The average Bonchev–Trinajstić information content (AvgIpc) is 2.83. The van der Waals surface area contributed by atoms with Crippen LogP contribution in [-0.2, 0) is 0 Å². The van der Waals surface area contributed by atoms with E-state index in [1.165, 1.54) is 57.8 Å². The number of allylic oxidation sites excluding steroid dienone is 4. The molecule has 0 spiro atoms. The van der Waals surface area contributed by atoms with Crippen LogP contribution in [0.15, 0.2) is 23.3 Å². The molecule has 0 N–H and O–H groups in total. The van der Waals surface area contributed by atoms with Crippen molar-refractivity contribution < 1.29 is 0 Å². The van der Waals surface area contributed by atoms with Crippen molar-refractivity contribution in [2.75, 3.05) is 0 Å². The Kier molecular flexibility index (Phi) is 3.18. The van der Waals surface area contributed by atoms with Crippen molar-refractivity contribution in [1.82, 2.24) is 0 Å². The summed E-state index contributed by atoms with van der Waals surface area (Å²) in [5.74, 6) is 2.83. The highest BCUT2D eigenvalue weighted by Crippen LogP contribution is 2.64. The molecule has 0 heteroatoms. The molecule has 0 aromatic carbocycles. The smallest absolute Gasteiger partial charge is 0.00952 e. The zero-order valence-corrected chi connectivity index (χ0v) is 14.3. The average molecular weight is 284 g/mol. The number of hydrogen-bond donors (Lipinski definition) is 0. The molecular formula is C21H32. The van der Waals surface area contributed by atoms with E-state index in [4.69, 9.17) is 0 Å². The lowest BCUT2D eigenvalue weighted by atomic mass is 9.52. The molecule has 0 unspecified atom stereocenters. The molecule has 0 bridgehead atoms. The van der Waals surface area contributed by atoms with Gasteiger partial charge in [0.2, 0.25) is 0 Å². The van der Waals surface area contributed by atoms with Crippen molar-refractivity contribution in [2.45, 2.75) is 78.6 Å². The van der Waals surface area contributed by atoms with Crippen molar-refractivity contribution in [3.63, 3.8) is 0 Å². The molecule has 0 nitrogen and oxygen atoms in total. The summed E-state index contributed by atoms with van der Waals surface area (Å²) >= 11 is 0. The van der Waals surface area contributed by atoms with Crippen molar-refractivity contribution >= 4 is 0 Å². The molecule has 0 saturated heterocycles. The van der Waals surface area contributed by atoms with Gasteiger partial charge in [-0.2, -0.15) is 0 Å². The lowest BCUT2D eigenvalue weighted by Crippen LogP contribution is -2.43. The Morgan fingerprint density at radius 1 is 1.14 bits per heavy atom. The van der Waals surface area contributed by atoms with Gasteiger partial charge >= 0.3 is 0 Å². The molecular weight excluding hydrogens is 252 g/mol. The SMILES string of the molecule is CC[C@H]1CC[C@H]2[C@@H]3CC=C4CCCC[C@]4(C)C3=CC[C@]12C. The molecule has 0 aliphatic heterocycles. The molecule has 116 valence electrons. The van der Waals surface area contributed by atoms with Gasteiger partial charge < -0.3 is 0 Å². The van der Waals surface area contributed by atoms with Gasteiger partial charge in [0.25, 0.3) is 0 Å². The van der Waals surface area contributed by atoms with Crippen LogP contribution in [0.4, 0.5) is 0 Å². The Labute approximate surface area is 131 Å². The Morgan fingerprint density at radius 2 is 2.00 bits per heavy atom. The summed E-state index contributed by atoms with van der Waals surface area (Å²) in [7, 11) is 0. The lowest BCUT2D eigenvalue weighted by molar-refractivity contribution is 0.0912. The van der Waals surface area contributed by atoms with E-state index in [0.29, 0.717) is 10.8 Å². The van der Waals surface area contributed by atoms with Gasteiger partial charge in [-0.05, 0) is 68.1 Å².